The van der Waals surface area contributed by atoms with Crippen molar-refractivity contribution >= 4 is 11.4 Å². The Morgan fingerprint density at radius 2 is 1.67 bits per heavy atom. The van der Waals surface area contributed by atoms with Gasteiger partial charge in [-0.05, 0) is 57.9 Å². The molecule has 0 aliphatic rings. The summed E-state index contributed by atoms with van der Waals surface area (Å²) in [6.07, 6.45) is 1.80. The largest absolute Gasteiger partial charge is 0.399 e. The summed E-state index contributed by atoms with van der Waals surface area (Å²) in [5.74, 6) is 0.328. The number of hydrogen-bond donors (Lipinski definition) is 0. The van der Waals surface area contributed by atoms with Crippen LogP contribution in [0.3, 0.4) is 0 Å². The molecule has 0 aliphatic carbocycles. The van der Waals surface area contributed by atoms with E-state index in [1.54, 1.807) is 0 Å². The van der Waals surface area contributed by atoms with E-state index in [2.05, 4.69) is 27.2 Å². The first-order valence-electron chi connectivity index (χ1n) is 9.18. The number of hydrogen-bond acceptors (Lipinski definition) is 6. The van der Waals surface area contributed by atoms with Gasteiger partial charge >= 0.3 is 0 Å². The van der Waals surface area contributed by atoms with Crippen molar-refractivity contribution in [3.05, 3.63) is 59.2 Å². The summed E-state index contributed by atoms with van der Waals surface area (Å²) in [6.45, 7) is 8.44. The molecule has 0 spiro atoms. The van der Waals surface area contributed by atoms with E-state index < -0.39 is 0 Å². The van der Waals surface area contributed by atoms with E-state index in [-0.39, 0.29) is 0 Å². The van der Waals surface area contributed by atoms with Gasteiger partial charge in [-0.3, -0.25) is 9.97 Å². The van der Waals surface area contributed by atoms with Crippen molar-refractivity contribution in [2.75, 3.05) is 13.7 Å². The highest BCUT2D eigenvalue weighted by Crippen LogP contribution is 2.13. The van der Waals surface area contributed by atoms with Crippen molar-refractivity contribution in [3.8, 4) is 0 Å². The topological polar surface area (TPSA) is 69.0 Å². The number of pyridine rings is 2. The zero-order valence-electron chi connectivity index (χ0n) is 16.8. The van der Waals surface area contributed by atoms with Gasteiger partial charge in [0.1, 0.15) is 25.1 Å². The second-order valence-electron chi connectivity index (χ2n) is 6.49. The fourth-order valence-electron chi connectivity index (χ4n) is 2.63. The molecule has 0 fully saturated rings. The SMILES string of the molecule is CCC(CON=C(C)c1cccc(C)n1)Cc1cccc(C(C)=NOC)n1. The molecule has 0 radical (unpaired) electrons. The number of rotatable bonds is 9. The summed E-state index contributed by atoms with van der Waals surface area (Å²) >= 11 is 0. The van der Waals surface area contributed by atoms with E-state index in [0.717, 1.165) is 47.0 Å². The Morgan fingerprint density at radius 1 is 1.00 bits per heavy atom. The van der Waals surface area contributed by atoms with Gasteiger partial charge in [0.25, 0.3) is 0 Å². The van der Waals surface area contributed by atoms with Crippen LogP contribution in [0.4, 0.5) is 0 Å². The second kappa shape index (κ2) is 10.4. The van der Waals surface area contributed by atoms with Crippen molar-refractivity contribution in [2.24, 2.45) is 16.2 Å². The minimum atomic E-state index is 0.328. The van der Waals surface area contributed by atoms with Gasteiger partial charge in [-0.25, -0.2) is 0 Å². The molecule has 0 amide bonds. The predicted molar refractivity (Wildman–Crippen MR) is 108 cm³/mol. The second-order valence-corrected chi connectivity index (χ2v) is 6.49. The Balaban J connectivity index is 1.97. The molecular formula is C21H28N4O2. The Hall–Kier alpha value is -2.76. The van der Waals surface area contributed by atoms with Crippen molar-refractivity contribution < 1.29 is 9.68 Å². The van der Waals surface area contributed by atoms with Crippen LogP contribution in [0, 0.1) is 12.8 Å². The normalized spacial score (nSPS) is 13.4. The molecule has 2 rings (SSSR count). The molecular weight excluding hydrogens is 340 g/mol. The van der Waals surface area contributed by atoms with Crippen LogP contribution < -0.4 is 0 Å². The maximum Gasteiger partial charge on any atom is 0.120 e. The smallest absolute Gasteiger partial charge is 0.120 e. The predicted octanol–water partition coefficient (Wildman–Crippen LogP) is 4.16. The van der Waals surface area contributed by atoms with Gasteiger partial charge < -0.3 is 9.68 Å². The Bertz CT molecular complexity index is 802. The number of aromatic nitrogens is 2. The molecule has 1 atom stereocenters. The van der Waals surface area contributed by atoms with Crippen LogP contribution in [-0.2, 0) is 16.1 Å². The van der Waals surface area contributed by atoms with E-state index in [4.69, 9.17) is 9.68 Å². The van der Waals surface area contributed by atoms with Crippen molar-refractivity contribution in [1.29, 1.82) is 0 Å². The summed E-state index contributed by atoms with van der Waals surface area (Å²) in [4.78, 5) is 19.6. The van der Waals surface area contributed by atoms with Gasteiger partial charge in [0.15, 0.2) is 0 Å². The molecule has 0 N–H and O–H groups in total. The molecule has 144 valence electrons. The van der Waals surface area contributed by atoms with Gasteiger partial charge in [-0.2, -0.15) is 0 Å². The van der Waals surface area contributed by atoms with Crippen molar-refractivity contribution in [3.63, 3.8) is 0 Å². The maximum absolute atomic E-state index is 5.61. The van der Waals surface area contributed by atoms with Gasteiger partial charge in [0.2, 0.25) is 0 Å². The minimum Gasteiger partial charge on any atom is -0.399 e. The van der Waals surface area contributed by atoms with Crippen LogP contribution in [0.5, 0.6) is 0 Å². The Labute approximate surface area is 161 Å². The first-order chi connectivity index (χ1) is 13.0. The van der Waals surface area contributed by atoms with Crippen LogP contribution in [0.15, 0.2) is 46.7 Å². The fourth-order valence-corrected chi connectivity index (χ4v) is 2.63. The van der Waals surface area contributed by atoms with Crippen molar-refractivity contribution in [2.45, 2.75) is 40.5 Å². The highest BCUT2D eigenvalue weighted by atomic mass is 16.6. The number of nitrogens with zero attached hydrogens (tertiary/aromatic N) is 4. The Morgan fingerprint density at radius 3 is 2.33 bits per heavy atom. The molecule has 0 bridgehead atoms. The molecule has 0 aliphatic heterocycles. The monoisotopic (exact) mass is 368 g/mol. The average molecular weight is 368 g/mol. The molecule has 6 heteroatoms. The molecule has 0 saturated carbocycles. The lowest BCUT2D eigenvalue weighted by Gasteiger charge is -2.14. The quantitative estimate of drug-likeness (QED) is 0.492. The molecule has 0 saturated heterocycles. The lowest BCUT2D eigenvalue weighted by molar-refractivity contribution is 0.105. The van der Waals surface area contributed by atoms with Gasteiger partial charge in [0, 0.05) is 17.3 Å². The zero-order valence-corrected chi connectivity index (χ0v) is 16.8. The molecule has 2 aromatic heterocycles. The third-order valence-electron chi connectivity index (χ3n) is 4.25. The fraction of sp³-hybridized carbons (Fsp3) is 0.429. The van der Waals surface area contributed by atoms with E-state index >= 15 is 0 Å². The summed E-state index contributed by atoms with van der Waals surface area (Å²) in [7, 11) is 1.53. The maximum atomic E-state index is 5.61. The van der Waals surface area contributed by atoms with E-state index in [1.165, 1.54) is 7.11 Å². The van der Waals surface area contributed by atoms with Gasteiger partial charge in [-0.15, -0.1) is 0 Å². The minimum absolute atomic E-state index is 0.328. The molecule has 2 heterocycles. The molecule has 1 unspecified atom stereocenters. The first-order valence-corrected chi connectivity index (χ1v) is 9.18. The standard InChI is InChI=1S/C21H28N4O2/c1-6-18(13-19-10-8-12-21(23-19)16(3)24-26-5)14-27-25-17(4)20-11-7-9-15(2)22-20/h7-12,18H,6,13-14H2,1-5H3. The highest BCUT2D eigenvalue weighted by molar-refractivity contribution is 5.96. The molecule has 0 aromatic carbocycles. The third kappa shape index (κ3) is 6.47. The molecule has 6 nitrogen and oxygen atoms in total. The average Bonchev–Trinajstić information content (AvgIpc) is 2.67. The van der Waals surface area contributed by atoms with E-state index in [0.29, 0.717) is 12.5 Å². The third-order valence-corrected chi connectivity index (χ3v) is 4.25. The van der Waals surface area contributed by atoms with Crippen molar-refractivity contribution in [1.82, 2.24) is 9.97 Å². The van der Waals surface area contributed by atoms with E-state index in [1.807, 2.05) is 57.2 Å². The summed E-state index contributed by atoms with van der Waals surface area (Å²) < 4.78 is 0. The van der Waals surface area contributed by atoms with Gasteiger partial charge in [0.05, 0.1) is 11.4 Å². The molecule has 2 aromatic rings. The van der Waals surface area contributed by atoms with Crippen LogP contribution in [0.1, 0.15) is 50.0 Å². The van der Waals surface area contributed by atoms with Crippen LogP contribution in [0.2, 0.25) is 0 Å². The summed E-state index contributed by atoms with van der Waals surface area (Å²) in [5.41, 5.74) is 5.17. The van der Waals surface area contributed by atoms with Crippen LogP contribution >= 0.6 is 0 Å². The lowest BCUT2D eigenvalue weighted by Crippen LogP contribution is -2.13. The van der Waals surface area contributed by atoms with E-state index in [9.17, 15) is 0 Å². The molecule has 27 heavy (non-hydrogen) atoms. The Kier molecular flexibility index (Phi) is 7.92. The lowest BCUT2D eigenvalue weighted by atomic mass is 10.0. The highest BCUT2D eigenvalue weighted by Gasteiger charge is 2.11. The zero-order chi connectivity index (χ0) is 19.6. The number of oxime groups is 2. The summed E-state index contributed by atoms with van der Waals surface area (Å²) in [6, 6.07) is 11.8. The van der Waals surface area contributed by atoms with Gasteiger partial charge in [-0.1, -0.05) is 29.4 Å². The summed E-state index contributed by atoms with van der Waals surface area (Å²) in [5, 5.41) is 8.18. The first kappa shape index (κ1) is 20.6. The number of aryl methyl sites for hydroxylation is 1. The van der Waals surface area contributed by atoms with Crippen LogP contribution in [0.25, 0.3) is 0 Å². The van der Waals surface area contributed by atoms with Crippen LogP contribution in [-0.4, -0.2) is 35.1 Å².